The molecule has 3 heterocycles. The van der Waals surface area contributed by atoms with Crippen LogP contribution in [0.2, 0.25) is 0 Å². The van der Waals surface area contributed by atoms with Crippen LogP contribution in [0.15, 0.2) is 45.9 Å². The number of nitrogens with one attached hydrogen (secondary N) is 1. The van der Waals surface area contributed by atoms with Gasteiger partial charge in [0.15, 0.2) is 18.1 Å². The van der Waals surface area contributed by atoms with Gasteiger partial charge in [-0.05, 0) is 62.2 Å². The fraction of sp³-hybridized carbons (Fsp3) is 0.259. The molecular weight excluding hydrogens is 561 g/mol. The van der Waals surface area contributed by atoms with Gasteiger partial charge >= 0.3 is 5.97 Å². The van der Waals surface area contributed by atoms with Crippen molar-refractivity contribution in [2.75, 3.05) is 25.6 Å². The Bertz CT molecular complexity index is 1440. The van der Waals surface area contributed by atoms with Gasteiger partial charge in [0.05, 0.1) is 37.0 Å². The highest BCUT2D eigenvalue weighted by Crippen LogP contribution is 2.36. The normalized spacial score (nSPS) is 14.2. The number of rotatable bonds is 10. The quantitative estimate of drug-likeness (QED) is 0.186. The van der Waals surface area contributed by atoms with E-state index in [1.54, 1.807) is 49.6 Å². The zero-order chi connectivity index (χ0) is 28.1. The molecule has 0 atom stereocenters. The van der Waals surface area contributed by atoms with Crippen molar-refractivity contribution < 1.29 is 33.0 Å². The van der Waals surface area contributed by atoms with Gasteiger partial charge in [-0.1, -0.05) is 30.0 Å². The SMILES string of the molecule is CCOC(=O)c1c(NC(=O)COc2ccc(/C=C3\SC(=S)N(Cc4ccco4)C3=O)cc2OC)sc(C)c1C. The van der Waals surface area contributed by atoms with Crippen molar-refractivity contribution in [3.8, 4) is 11.5 Å². The molecule has 0 aliphatic carbocycles. The lowest BCUT2D eigenvalue weighted by molar-refractivity contribution is -0.122. The molecule has 1 N–H and O–H groups in total. The highest BCUT2D eigenvalue weighted by molar-refractivity contribution is 8.26. The molecule has 204 valence electrons. The molecule has 12 heteroatoms. The first-order valence-corrected chi connectivity index (χ1v) is 13.9. The number of anilines is 1. The number of thiocarbonyl (C=S) groups is 1. The third kappa shape index (κ3) is 6.52. The lowest BCUT2D eigenvalue weighted by Crippen LogP contribution is -2.27. The number of furan rings is 1. The van der Waals surface area contributed by atoms with Gasteiger partial charge in [-0.3, -0.25) is 14.5 Å². The van der Waals surface area contributed by atoms with E-state index in [2.05, 4.69) is 5.32 Å². The van der Waals surface area contributed by atoms with E-state index in [1.807, 2.05) is 13.8 Å². The molecule has 0 unspecified atom stereocenters. The monoisotopic (exact) mass is 586 g/mol. The second-order valence-electron chi connectivity index (χ2n) is 8.30. The molecule has 9 nitrogen and oxygen atoms in total. The number of ether oxygens (including phenoxy) is 3. The van der Waals surface area contributed by atoms with Gasteiger partial charge < -0.3 is 23.9 Å². The molecule has 1 fully saturated rings. The van der Waals surface area contributed by atoms with E-state index >= 15 is 0 Å². The van der Waals surface area contributed by atoms with Crippen molar-refractivity contribution in [3.05, 3.63) is 68.8 Å². The van der Waals surface area contributed by atoms with Crippen molar-refractivity contribution in [1.82, 2.24) is 4.90 Å². The highest BCUT2D eigenvalue weighted by atomic mass is 32.2. The van der Waals surface area contributed by atoms with E-state index in [4.69, 9.17) is 30.8 Å². The Morgan fingerprint density at radius 2 is 2.00 bits per heavy atom. The molecule has 1 aliphatic rings. The molecule has 0 bridgehead atoms. The number of carbonyl (C=O) groups excluding carboxylic acids is 3. The van der Waals surface area contributed by atoms with Crippen molar-refractivity contribution >= 4 is 68.5 Å². The van der Waals surface area contributed by atoms with E-state index < -0.39 is 11.9 Å². The van der Waals surface area contributed by atoms with Crippen molar-refractivity contribution in [1.29, 1.82) is 0 Å². The summed E-state index contributed by atoms with van der Waals surface area (Å²) in [7, 11) is 1.48. The maximum Gasteiger partial charge on any atom is 0.341 e. The zero-order valence-electron chi connectivity index (χ0n) is 21.7. The zero-order valence-corrected chi connectivity index (χ0v) is 24.1. The average molecular weight is 587 g/mol. The van der Waals surface area contributed by atoms with E-state index in [-0.39, 0.29) is 25.7 Å². The van der Waals surface area contributed by atoms with Gasteiger partial charge in [0, 0.05) is 4.88 Å². The highest BCUT2D eigenvalue weighted by Gasteiger charge is 2.32. The lowest BCUT2D eigenvalue weighted by atomic mass is 10.1. The van der Waals surface area contributed by atoms with Crippen LogP contribution in [0, 0.1) is 13.8 Å². The number of hydrogen-bond acceptors (Lipinski definition) is 10. The standard InChI is InChI=1S/C27H26N2O7S3/c1-5-34-26(32)23-15(2)16(3)38-24(23)28-22(30)14-36-19-9-8-17(11-20(19)33-4)12-21-25(31)29(27(37)39-21)13-18-7-6-10-35-18/h6-12H,5,13-14H2,1-4H3,(H,28,30)/b21-12-. The van der Waals surface area contributed by atoms with Crippen molar-refractivity contribution in [2.24, 2.45) is 0 Å². The molecular formula is C27H26N2O7S3. The first-order valence-electron chi connectivity index (χ1n) is 11.9. The largest absolute Gasteiger partial charge is 0.493 e. The molecule has 1 aliphatic heterocycles. The third-order valence-corrected chi connectivity index (χ3v) is 8.23. The topological polar surface area (TPSA) is 107 Å². The summed E-state index contributed by atoms with van der Waals surface area (Å²) in [6, 6.07) is 8.66. The maximum absolute atomic E-state index is 12.9. The minimum Gasteiger partial charge on any atom is -0.493 e. The van der Waals surface area contributed by atoms with Gasteiger partial charge in [0.1, 0.15) is 15.1 Å². The molecule has 1 aromatic carbocycles. The Hall–Kier alpha value is -3.61. The molecule has 4 rings (SSSR count). The van der Waals surface area contributed by atoms with Gasteiger partial charge in [0.25, 0.3) is 11.8 Å². The molecule has 2 aromatic heterocycles. The van der Waals surface area contributed by atoms with Gasteiger partial charge in [-0.2, -0.15) is 0 Å². The Labute approximate surface area is 239 Å². The number of carbonyl (C=O) groups is 3. The smallest absolute Gasteiger partial charge is 0.341 e. The second-order valence-corrected chi connectivity index (χ2v) is 11.2. The van der Waals surface area contributed by atoms with Crippen LogP contribution in [0.4, 0.5) is 5.00 Å². The number of nitrogens with zero attached hydrogens (tertiary/aromatic N) is 1. The van der Waals surface area contributed by atoms with E-state index in [0.717, 1.165) is 10.4 Å². The van der Waals surface area contributed by atoms with Crippen LogP contribution in [0.3, 0.4) is 0 Å². The summed E-state index contributed by atoms with van der Waals surface area (Å²) < 4.78 is 22.1. The van der Waals surface area contributed by atoms with E-state index in [1.165, 1.54) is 35.1 Å². The molecule has 3 aromatic rings. The van der Waals surface area contributed by atoms with Crippen molar-refractivity contribution in [3.63, 3.8) is 0 Å². The van der Waals surface area contributed by atoms with Crippen LogP contribution in [-0.4, -0.2) is 47.3 Å². The van der Waals surface area contributed by atoms with Crippen LogP contribution in [-0.2, 0) is 20.9 Å². The first-order chi connectivity index (χ1) is 18.7. The molecule has 0 spiro atoms. The van der Waals surface area contributed by atoms with Crippen LogP contribution >= 0.6 is 35.3 Å². The number of thiophene rings is 1. The fourth-order valence-electron chi connectivity index (χ4n) is 3.71. The summed E-state index contributed by atoms with van der Waals surface area (Å²) in [5.74, 6) is 0.246. The number of methoxy groups -OCH3 is 1. The van der Waals surface area contributed by atoms with E-state index in [0.29, 0.717) is 42.6 Å². The van der Waals surface area contributed by atoms with Crippen LogP contribution in [0.1, 0.15) is 39.0 Å². The predicted octanol–water partition coefficient (Wildman–Crippen LogP) is 5.56. The summed E-state index contributed by atoms with van der Waals surface area (Å²) in [6.07, 6.45) is 3.27. The summed E-state index contributed by atoms with van der Waals surface area (Å²) in [5.41, 5.74) is 1.82. The molecule has 0 saturated carbocycles. The summed E-state index contributed by atoms with van der Waals surface area (Å²) >= 11 is 7.90. The van der Waals surface area contributed by atoms with Gasteiger partial charge in [-0.15, -0.1) is 11.3 Å². The van der Waals surface area contributed by atoms with Crippen LogP contribution in [0.5, 0.6) is 11.5 Å². The number of hydrogen-bond donors (Lipinski definition) is 1. The molecule has 1 saturated heterocycles. The number of thioether (sulfide) groups is 1. The molecule has 2 amide bonds. The third-order valence-electron chi connectivity index (χ3n) is 5.73. The van der Waals surface area contributed by atoms with E-state index in [9.17, 15) is 14.4 Å². The average Bonchev–Trinajstić information content (AvgIpc) is 3.59. The summed E-state index contributed by atoms with van der Waals surface area (Å²) in [5, 5.41) is 3.17. The Balaban J connectivity index is 1.42. The number of amides is 2. The lowest BCUT2D eigenvalue weighted by Gasteiger charge is -2.12. The number of aryl methyl sites for hydroxylation is 1. The molecule has 0 radical (unpaired) electrons. The van der Waals surface area contributed by atoms with Gasteiger partial charge in [-0.25, -0.2) is 4.79 Å². The minimum atomic E-state index is -0.481. The summed E-state index contributed by atoms with van der Waals surface area (Å²) in [4.78, 5) is 40.8. The fourth-order valence-corrected chi connectivity index (χ4v) is 6.03. The Kier molecular flexibility index (Phi) is 9.10. The summed E-state index contributed by atoms with van der Waals surface area (Å²) in [6.45, 7) is 5.60. The number of esters is 1. The number of benzene rings is 1. The Morgan fingerprint density at radius 3 is 2.69 bits per heavy atom. The second kappa shape index (κ2) is 12.5. The predicted molar refractivity (Wildman–Crippen MR) is 154 cm³/mol. The molecule has 39 heavy (non-hydrogen) atoms. The minimum absolute atomic E-state index is 0.210. The van der Waals surface area contributed by atoms with Crippen LogP contribution < -0.4 is 14.8 Å². The van der Waals surface area contributed by atoms with Gasteiger partial charge in [0.2, 0.25) is 0 Å². The first kappa shape index (κ1) is 28.4. The van der Waals surface area contributed by atoms with Crippen molar-refractivity contribution in [2.45, 2.75) is 27.3 Å². The maximum atomic E-state index is 12.9. The Morgan fingerprint density at radius 1 is 1.21 bits per heavy atom. The van der Waals surface area contributed by atoms with Crippen LogP contribution in [0.25, 0.3) is 6.08 Å².